The van der Waals surface area contributed by atoms with Crippen molar-refractivity contribution in [2.75, 3.05) is 5.32 Å². The van der Waals surface area contributed by atoms with Crippen molar-refractivity contribution in [2.24, 2.45) is 0 Å². The number of aromatic nitrogens is 2. The smallest absolute Gasteiger partial charge is 0.505 e. The van der Waals surface area contributed by atoms with Gasteiger partial charge in [0.25, 0.3) is 0 Å². The summed E-state index contributed by atoms with van der Waals surface area (Å²) >= 11 is 0. The number of nitrogens with one attached hydrogen (secondary N) is 2. The highest BCUT2D eigenvalue weighted by Crippen LogP contribution is 2.29. The standard InChI is InChI=1S/C18H13FN4O3/c1-9(24)20-18-21-13-7-6-12(16(25)15(13)23-18)17-22-14(26-17)8-10-2-4-11(19)5-3-10/h2-7H,8H2,1H3,(H2,20,21,23,24,25)/p+1. The molecule has 0 unspecified atom stereocenters. The molecule has 0 saturated carbocycles. The van der Waals surface area contributed by atoms with Gasteiger partial charge in [-0.25, -0.2) is 9.37 Å². The average molecular weight is 353 g/mol. The minimum absolute atomic E-state index is 0.0880. The Bertz CT molecular complexity index is 1100. The number of hydrogen-bond donors (Lipinski definition) is 3. The number of phenols is 1. The number of amides is 1. The molecule has 4 rings (SSSR count). The van der Waals surface area contributed by atoms with Crippen LogP contribution in [0.5, 0.6) is 5.75 Å². The predicted octanol–water partition coefficient (Wildman–Crippen LogP) is 1.85. The van der Waals surface area contributed by atoms with Gasteiger partial charge in [-0.1, -0.05) is 12.1 Å². The van der Waals surface area contributed by atoms with Crippen LogP contribution in [0.15, 0.2) is 36.4 Å². The monoisotopic (exact) mass is 353 g/mol. The van der Waals surface area contributed by atoms with Gasteiger partial charge in [-0.05, 0) is 34.5 Å². The zero-order chi connectivity index (χ0) is 18.3. The first-order valence-corrected chi connectivity index (χ1v) is 7.86. The van der Waals surface area contributed by atoms with Gasteiger partial charge in [-0.2, -0.15) is 0 Å². The van der Waals surface area contributed by atoms with E-state index in [1.54, 1.807) is 24.3 Å². The topological polar surface area (TPSA) is 101 Å². The van der Waals surface area contributed by atoms with Gasteiger partial charge in [0.15, 0.2) is 11.3 Å². The fourth-order valence-electron chi connectivity index (χ4n) is 2.66. The van der Waals surface area contributed by atoms with E-state index < -0.39 is 0 Å². The Kier molecular flexibility index (Phi) is 3.67. The predicted molar refractivity (Wildman–Crippen MR) is 94.5 cm³/mol. The number of aromatic amines is 1. The summed E-state index contributed by atoms with van der Waals surface area (Å²) < 4.78 is 22.8. The lowest BCUT2D eigenvalue weighted by Gasteiger charge is -2.04. The second-order valence-corrected chi connectivity index (χ2v) is 5.84. The van der Waals surface area contributed by atoms with Crippen molar-refractivity contribution in [2.45, 2.75) is 13.3 Å². The van der Waals surface area contributed by atoms with Crippen molar-refractivity contribution >= 4 is 34.7 Å². The third-order valence-electron chi connectivity index (χ3n) is 3.86. The number of ether oxygens (including phenoxy) is 1. The molecule has 2 aromatic carbocycles. The number of carbonyl (C=O) groups excluding carboxylic acids is 1. The van der Waals surface area contributed by atoms with E-state index in [2.05, 4.69) is 20.0 Å². The maximum absolute atomic E-state index is 12.9. The molecule has 8 heteroatoms. The molecule has 0 bridgehead atoms. The molecule has 1 aliphatic heterocycles. The first-order chi connectivity index (χ1) is 12.5. The molecule has 0 saturated heterocycles. The Labute approximate surface area is 146 Å². The molecule has 1 amide bonds. The quantitative estimate of drug-likeness (QED) is 0.623. The Morgan fingerprint density at radius 1 is 1.31 bits per heavy atom. The van der Waals surface area contributed by atoms with Crippen molar-refractivity contribution in [3.05, 3.63) is 53.3 Å². The van der Waals surface area contributed by atoms with Crippen molar-refractivity contribution in [1.29, 1.82) is 0 Å². The lowest BCUT2D eigenvalue weighted by Crippen LogP contribution is -2.30. The molecule has 0 aliphatic carbocycles. The van der Waals surface area contributed by atoms with Crippen LogP contribution in [0.3, 0.4) is 0 Å². The fourth-order valence-corrected chi connectivity index (χ4v) is 2.66. The zero-order valence-electron chi connectivity index (χ0n) is 13.7. The van der Waals surface area contributed by atoms with E-state index in [1.165, 1.54) is 19.1 Å². The number of carbonyl (C=O) groups is 1. The first-order valence-electron chi connectivity index (χ1n) is 7.86. The van der Waals surface area contributed by atoms with Crippen LogP contribution in [0.1, 0.15) is 18.1 Å². The van der Waals surface area contributed by atoms with Crippen LogP contribution in [-0.4, -0.2) is 32.8 Å². The summed E-state index contributed by atoms with van der Waals surface area (Å²) in [5, 5.41) is 13.0. The molecule has 26 heavy (non-hydrogen) atoms. The molecule has 1 aromatic heterocycles. The highest BCUT2D eigenvalue weighted by Gasteiger charge is 2.36. The highest BCUT2D eigenvalue weighted by atomic mass is 19.1. The number of rotatable bonds is 4. The molecule has 0 spiro atoms. The summed E-state index contributed by atoms with van der Waals surface area (Å²) in [7, 11) is 0. The normalized spacial score (nSPS) is 12.8. The molecule has 0 fully saturated rings. The van der Waals surface area contributed by atoms with E-state index in [9.17, 15) is 14.3 Å². The van der Waals surface area contributed by atoms with E-state index in [0.717, 1.165) is 5.56 Å². The Morgan fingerprint density at radius 3 is 2.73 bits per heavy atom. The highest BCUT2D eigenvalue weighted by molar-refractivity contribution is 6.12. The van der Waals surface area contributed by atoms with Crippen molar-refractivity contribution in [3.8, 4) is 5.75 Å². The molecule has 3 N–H and O–H groups in total. The van der Waals surface area contributed by atoms with Crippen LogP contribution >= 0.6 is 0 Å². The molecule has 0 radical (unpaired) electrons. The number of fused-ring (bicyclic) bond motifs is 1. The number of nitrogens with zero attached hydrogens (tertiary/aromatic N) is 2. The number of H-pyrrole nitrogens is 1. The molecule has 1 aliphatic rings. The minimum Gasteiger partial charge on any atom is -0.505 e. The van der Waals surface area contributed by atoms with Crippen LogP contribution < -0.4 is 9.98 Å². The van der Waals surface area contributed by atoms with Gasteiger partial charge in [0.05, 0.1) is 5.52 Å². The van der Waals surface area contributed by atoms with Gasteiger partial charge in [0.2, 0.25) is 11.9 Å². The van der Waals surface area contributed by atoms with Gasteiger partial charge in [0.1, 0.15) is 17.8 Å². The third-order valence-corrected chi connectivity index (χ3v) is 3.86. The number of hydrogen-bond acceptors (Lipinski definition) is 4. The Hall–Kier alpha value is -3.64. The maximum Gasteiger partial charge on any atom is 0.513 e. The average Bonchev–Trinajstić information content (AvgIpc) is 2.96. The lowest BCUT2D eigenvalue weighted by atomic mass is 10.1. The van der Waals surface area contributed by atoms with Gasteiger partial charge in [-0.3, -0.25) is 10.1 Å². The molecular formula is C18H14FN4O3+. The Balaban J connectivity index is 1.63. The van der Waals surface area contributed by atoms with E-state index >= 15 is 0 Å². The van der Waals surface area contributed by atoms with E-state index in [4.69, 9.17) is 4.74 Å². The summed E-state index contributed by atoms with van der Waals surface area (Å²) in [5.41, 5.74) is 2.16. The van der Waals surface area contributed by atoms with Gasteiger partial charge in [-0.15, -0.1) is 0 Å². The van der Waals surface area contributed by atoms with Crippen LogP contribution in [0.4, 0.5) is 10.3 Å². The number of imidazole rings is 1. The van der Waals surface area contributed by atoms with Crippen LogP contribution in [-0.2, 0) is 16.0 Å². The second kappa shape index (κ2) is 6.02. The van der Waals surface area contributed by atoms with Crippen molar-refractivity contribution in [3.63, 3.8) is 0 Å². The van der Waals surface area contributed by atoms with E-state index in [1.807, 2.05) is 0 Å². The van der Waals surface area contributed by atoms with Crippen molar-refractivity contribution < 1.29 is 19.0 Å². The van der Waals surface area contributed by atoms with E-state index in [-0.39, 0.29) is 29.3 Å². The van der Waals surface area contributed by atoms with Gasteiger partial charge in [0, 0.05) is 6.92 Å². The fraction of sp³-hybridized carbons (Fsp3) is 0.111. The second-order valence-electron chi connectivity index (χ2n) is 5.84. The number of anilines is 1. The van der Waals surface area contributed by atoms with E-state index in [0.29, 0.717) is 28.9 Å². The molecule has 130 valence electrons. The Morgan fingerprint density at radius 2 is 2.04 bits per heavy atom. The van der Waals surface area contributed by atoms with Gasteiger partial charge >= 0.3 is 11.8 Å². The van der Waals surface area contributed by atoms with Crippen LogP contribution in [0.25, 0.3) is 11.0 Å². The van der Waals surface area contributed by atoms with Gasteiger partial charge < -0.3 is 14.8 Å². The largest absolute Gasteiger partial charge is 0.513 e. The molecule has 0 atom stereocenters. The first kappa shape index (κ1) is 15.9. The molecule has 3 aromatic rings. The molecule has 2 heterocycles. The number of halogens is 1. The summed E-state index contributed by atoms with van der Waals surface area (Å²) in [6, 6.07) is 9.45. The third kappa shape index (κ3) is 2.89. The molecule has 7 nitrogen and oxygen atoms in total. The van der Waals surface area contributed by atoms with Crippen LogP contribution in [0.2, 0.25) is 0 Å². The number of aromatic hydroxyl groups is 1. The van der Waals surface area contributed by atoms with Crippen molar-refractivity contribution in [1.82, 2.24) is 14.6 Å². The zero-order valence-corrected chi connectivity index (χ0v) is 13.7. The lowest BCUT2D eigenvalue weighted by molar-refractivity contribution is -0.114. The van der Waals surface area contributed by atoms with Crippen LogP contribution in [0, 0.1) is 5.82 Å². The maximum atomic E-state index is 12.9. The summed E-state index contributed by atoms with van der Waals surface area (Å²) in [6.45, 7) is 1.37. The number of benzene rings is 2. The number of phenolic OH excluding ortho intramolecular Hbond substituents is 1. The molecular weight excluding hydrogens is 339 g/mol. The summed E-state index contributed by atoms with van der Waals surface area (Å²) in [5.74, 6) is 0.358. The SMILES string of the molecule is CC(=O)Nc1nc2c(O)c(C3=[N+]=C(Cc4ccc(F)cc4)O3)ccc2[nH]1. The minimum atomic E-state index is -0.298. The summed E-state index contributed by atoms with van der Waals surface area (Å²) in [4.78, 5) is 18.2. The summed E-state index contributed by atoms with van der Waals surface area (Å²) in [6.07, 6.45) is 0.432.